The molecule has 0 saturated heterocycles. The summed E-state index contributed by atoms with van der Waals surface area (Å²) in [6.45, 7) is 5.03. The maximum atomic E-state index is 13.4. The van der Waals surface area contributed by atoms with Crippen LogP contribution < -0.4 is 15.4 Å². The molecule has 0 fully saturated rings. The van der Waals surface area contributed by atoms with E-state index in [1.54, 1.807) is 44.2 Å². The van der Waals surface area contributed by atoms with E-state index in [1.165, 1.54) is 19.1 Å². The quantitative estimate of drug-likeness (QED) is 0.220. The molecule has 0 saturated carbocycles. The van der Waals surface area contributed by atoms with Gasteiger partial charge < -0.3 is 25.4 Å². The van der Waals surface area contributed by atoms with Crippen LogP contribution in [0.5, 0.6) is 5.75 Å². The van der Waals surface area contributed by atoms with Gasteiger partial charge in [-0.3, -0.25) is 19.2 Å². The fraction of sp³-hybridized carbons (Fsp3) is 0.448. The van der Waals surface area contributed by atoms with Crippen LogP contribution in [0.3, 0.4) is 0 Å². The van der Waals surface area contributed by atoms with Crippen molar-refractivity contribution in [3.8, 4) is 5.75 Å². The minimum Gasteiger partial charge on any atom is -0.426 e. The lowest BCUT2D eigenvalue weighted by Gasteiger charge is -2.25. The highest BCUT2D eigenvalue weighted by Crippen LogP contribution is 2.24. The van der Waals surface area contributed by atoms with Crippen LogP contribution in [-0.4, -0.2) is 59.4 Å². The van der Waals surface area contributed by atoms with Gasteiger partial charge >= 0.3 is 13.5 Å². The number of hydrogen-bond acceptors (Lipinski definition) is 7. The van der Waals surface area contributed by atoms with Gasteiger partial charge in [0.1, 0.15) is 11.5 Å². The molecule has 0 radical (unpaired) electrons. The summed E-state index contributed by atoms with van der Waals surface area (Å²) in [6, 6.07) is 12.9. The number of carbonyl (C=O) groups excluding carboxylic acids is 4. The molecule has 0 unspecified atom stereocenters. The van der Waals surface area contributed by atoms with Gasteiger partial charge in [-0.2, -0.15) is 0 Å². The number of nitrogens with one attached hydrogen (secondary N) is 2. The molecule has 2 aromatic carbocycles. The fourth-order valence-corrected chi connectivity index (χ4v) is 4.26. The Morgan fingerprint density at radius 2 is 1.50 bits per heavy atom. The van der Waals surface area contributed by atoms with Crippen LogP contribution in [0.15, 0.2) is 54.6 Å². The van der Waals surface area contributed by atoms with Crippen molar-refractivity contribution in [1.29, 1.82) is 0 Å². The van der Waals surface area contributed by atoms with Gasteiger partial charge in [0.05, 0.1) is 12.5 Å². The largest absolute Gasteiger partial charge is 0.573 e. The van der Waals surface area contributed by atoms with Crippen molar-refractivity contribution >= 4 is 30.5 Å². The maximum Gasteiger partial charge on any atom is 0.573 e. The van der Waals surface area contributed by atoms with Gasteiger partial charge in [-0.25, -0.2) is 0 Å². The molecule has 0 bridgehead atoms. The zero-order valence-corrected chi connectivity index (χ0v) is 23.7. The summed E-state index contributed by atoms with van der Waals surface area (Å²) in [4.78, 5) is 51.8. The van der Waals surface area contributed by atoms with Crippen molar-refractivity contribution in [2.24, 2.45) is 17.8 Å². The predicted molar refractivity (Wildman–Crippen MR) is 149 cm³/mol. The van der Waals surface area contributed by atoms with Crippen molar-refractivity contribution in [2.45, 2.75) is 58.9 Å². The minimum atomic E-state index is -4.83. The Hall–Kier alpha value is -3.71. The first-order valence-corrected chi connectivity index (χ1v) is 13.5. The molecular weight excluding hydrogens is 556 g/mol. The SMILES string of the molecule is CC(C)[C@H](CC(=O)Cc1ccc(OC(F)(F)F)cc1)C(=O)N[C@@H](Cc1ccccc1)C(=O)C[C@@H](C)C(=O)NCB(O)O. The fourth-order valence-electron chi connectivity index (χ4n) is 4.26. The normalized spacial score (nSPS) is 13.5. The number of rotatable bonds is 16. The number of ether oxygens (including phenoxy) is 1. The van der Waals surface area contributed by atoms with Crippen LogP contribution in [0.1, 0.15) is 44.7 Å². The Labute approximate surface area is 243 Å². The number of alkyl halides is 3. The van der Waals surface area contributed by atoms with Crippen LogP contribution >= 0.6 is 0 Å². The third-order valence-corrected chi connectivity index (χ3v) is 6.55. The molecule has 2 amide bonds. The summed E-state index contributed by atoms with van der Waals surface area (Å²) in [5.41, 5.74) is 1.22. The maximum absolute atomic E-state index is 13.4. The molecule has 0 spiro atoms. The molecule has 13 heteroatoms. The van der Waals surface area contributed by atoms with Crippen LogP contribution in [-0.2, 0) is 32.0 Å². The Balaban J connectivity index is 2.10. The van der Waals surface area contributed by atoms with E-state index in [9.17, 15) is 32.3 Å². The third kappa shape index (κ3) is 12.4. The van der Waals surface area contributed by atoms with Crippen molar-refractivity contribution in [3.63, 3.8) is 0 Å². The van der Waals surface area contributed by atoms with E-state index < -0.39 is 61.1 Å². The predicted octanol–water partition coefficient (Wildman–Crippen LogP) is 2.81. The standard InChI is InChI=1S/C29H36BF3N2O7/c1-18(2)24(16-22(36)14-21-9-11-23(12-10-21)42-29(31,32)33)28(39)35-25(15-20-7-5-4-6-8-20)26(37)13-19(3)27(38)34-17-30(40)41/h4-12,18-19,24-25,40-41H,13-17H2,1-3H3,(H,34,38)(H,35,39)/t19-,24+,25+/m1/s1. The molecule has 0 aliphatic rings. The summed E-state index contributed by atoms with van der Waals surface area (Å²) in [5, 5.41) is 23.0. The second kappa shape index (κ2) is 16.1. The van der Waals surface area contributed by atoms with Crippen LogP contribution in [0.2, 0.25) is 0 Å². The molecule has 4 N–H and O–H groups in total. The average Bonchev–Trinajstić information content (AvgIpc) is 2.90. The first-order valence-electron chi connectivity index (χ1n) is 13.5. The molecule has 2 rings (SSSR count). The molecule has 3 atom stereocenters. The monoisotopic (exact) mass is 592 g/mol. The summed E-state index contributed by atoms with van der Waals surface area (Å²) >= 11 is 0. The van der Waals surface area contributed by atoms with Crippen molar-refractivity contribution in [2.75, 3.05) is 6.44 Å². The zero-order chi connectivity index (χ0) is 31.4. The molecule has 0 aliphatic heterocycles. The van der Waals surface area contributed by atoms with E-state index in [-0.39, 0.29) is 37.4 Å². The van der Waals surface area contributed by atoms with Gasteiger partial charge in [0, 0.05) is 31.1 Å². The highest BCUT2D eigenvalue weighted by molar-refractivity contribution is 6.41. The van der Waals surface area contributed by atoms with Gasteiger partial charge in [0.15, 0.2) is 5.78 Å². The first kappa shape index (κ1) is 34.5. The summed E-state index contributed by atoms with van der Waals surface area (Å²) in [6.07, 6.45) is -5.55. The Morgan fingerprint density at radius 3 is 2.05 bits per heavy atom. The van der Waals surface area contributed by atoms with Crippen LogP contribution in [0.4, 0.5) is 13.2 Å². The van der Waals surface area contributed by atoms with Gasteiger partial charge in [-0.15, -0.1) is 13.2 Å². The van der Waals surface area contributed by atoms with Crippen LogP contribution in [0.25, 0.3) is 0 Å². The lowest BCUT2D eigenvalue weighted by Crippen LogP contribution is -2.47. The van der Waals surface area contributed by atoms with Crippen molar-refractivity contribution in [3.05, 3.63) is 65.7 Å². The summed E-state index contributed by atoms with van der Waals surface area (Å²) in [5.74, 6) is -4.06. The summed E-state index contributed by atoms with van der Waals surface area (Å²) in [7, 11) is -1.74. The number of hydrogen-bond donors (Lipinski definition) is 4. The molecule has 42 heavy (non-hydrogen) atoms. The van der Waals surface area contributed by atoms with E-state index >= 15 is 0 Å². The lowest BCUT2D eigenvalue weighted by molar-refractivity contribution is -0.274. The molecular formula is C29H36BF3N2O7. The summed E-state index contributed by atoms with van der Waals surface area (Å²) < 4.78 is 41.0. The lowest BCUT2D eigenvalue weighted by atomic mass is 9.87. The highest BCUT2D eigenvalue weighted by Gasteiger charge is 2.32. The van der Waals surface area contributed by atoms with E-state index in [1.807, 2.05) is 0 Å². The molecule has 228 valence electrons. The first-order chi connectivity index (χ1) is 19.6. The molecule has 9 nitrogen and oxygen atoms in total. The van der Waals surface area contributed by atoms with E-state index in [4.69, 9.17) is 10.0 Å². The number of benzene rings is 2. The minimum absolute atomic E-state index is 0.107. The van der Waals surface area contributed by atoms with Crippen molar-refractivity contribution in [1.82, 2.24) is 10.6 Å². The van der Waals surface area contributed by atoms with E-state index in [0.717, 1.165) is 17.7 Å². The third-order valence-electron chi connectivity index (χ3n) is 6.55. The van der Waals surface area contributed by atoms with Gasteiger partial charge in [-0.05, 0) is 35.6 Å². The topological polar surface area (TPSA) is 142 Å². The van der Waals surface area contributed by atoms with E-state index in [0.29, 0.717) is 5.56 Å². The van der Waals surface area contributed by atoms with Crippen molar-refractivity contribution < 1.29 is 47.1 Å². The highest BCUT2D eigenvalue weighted by atomic mass is 19.4. The average molecular weight is 592 g/mol. The Bertz CT molecular complexity index is 1190. The van der Waals surface area contributed by atoms with Gasteiger partial charge in [-0.1, -0.05) is 63.2 Å². The van der Waals surface area contributed by atoms with Gasteiger partial charge in [0.25, 0.3) is 0 Å². The Morgan fingerprint density at radius 1 is 0.881 bits per heavy atom. The second-order valence-electron chi connectivity index (χ2n) is 10.5. The second-order valence-corrected chi connectivity index (χ2v) is 10.5. The zero-order valence-electron chi connectivity index (χ0n) is 23.7. The smallest absolute Gasteiger partial charge is 0.426 e. The van der Waals surface area contributed by atoms with Crippen LogP contribution in [0, 0.1) is 17.8 Å². The number of carbonyl (C=O) groups is 4. The number of halogens is 3. The number of amides is 2. The number of ketones is 2. The molecule has 0 heterocycles. The Kier molecular flexibility index (Phi) is 13.2. The number of Topliss-reactive ketones (excluding diaryl/α,β-unsaturated/α-hetero) is 2. The van der Waals surface area contributed by atoms with E-state index in [2.05, 4.69) is 15.4 Å². The molecule has 2 aromatic rings. The van der Waals surface area contributed by atoms with Gasteiger partial charge in [0.2, 0.25) is 11.8 Å². The molecule has 0 aliphatic carbocycles. The molecule has 0 aromatic heterocycles.